The Balaban J connectivity index is 1.88. The largest absolute Gasteiger partial charge is 0.175 e. The quantitative estimate of drug-likeness (QED) is 0.634. The molecule has 5 aliphatic carbocycles. The Morgan fingerprint density at radius 2 is 1.73 bits per heavy atom. The zero-order chi connectivity index (χ0) is 14.7. The second kappa shape index (κ2) is 4.39. The first-order chi connectivity index (χ1) is 10.8. The van der Waals surface area contributed by atoms with Crippen LogP contribution in [0.25, 0.3) is 0 Å². The molecule has 1 heteroatoms. The van der Waals surface area contributed by atoms with Crippen molar-refractivity contribution in [1.82, 2.24) is 0 Å². The van der Waals surface area contributed by atoms with Crippen LogP contribution in [0.1, 0.15) is 19.3 Å². The molecule has 108 valence electrons. The van der Waals surface area contributed by atoms with Gasteiger partial charge in [0.05, 0.1) is 5.41 Å². The van der Waals surface area contributed by atoms with E-state index >= 15 is 0 Å². The van der Waals surface area contributed by atoms with Gasteiger partial charge in [0.15, 0.2) is 0 Å². The maximum absolute atomic E-state index is 4.54. The molecule has 5 rings (SSSR count). The van der Waals surface area contributed by atoms with E-state index in [1.54, 1.807) is 16.7 Å². The molecule has 5 aliphatic rings. The van der Waals surface area contributed by atoms with Gasteiger partial charge in [-0.25, -0.2) is 0 Å². The molecule has 0 N–H and O–H groups in total. The van der Waals surface area contributed by atoms with Gasteiger partial charge in [0.2, 0.25) is 0 Å². The summed E-state index contributed by atoms with van der Waals surface area (Å²) < 4.78 is 0. The maximum atomic E-state index is 4.54. The van der Waals surface area contributed by atoms with E-state index in [0.29, 0.717) is 0 Å². The Labute approximate surface area is 137 Å². The molecule has 0 radical (unpaired) electrons. The predicted molar refractivity (Wildman–Crippen MR) is 95.9 cm³/mol. The maximum Gasteiger partial charge on any atom is 0.0577 e. The van der Waals surface area contributed by atoms with Gasteiger partial charge in [-0.2, -0.15) is 12.6 Å². The van der Waals surface area contributed by atoms with Crippen LogP contribution < -0.4 is 0 Å². The Bertz CT molecular complexity index is 823. The topological polar surface area (TPSA) is 0 Å². The Kier molecular flexibility index (Phi) is 2.55. The van der Waals surface area contributed by atoms with Crippen LogP contribution in [0, 0.1) is 5.41 Å². The smallest absolute Gasteiger partial charge is 0.0577 e. The zero-order valence-electron chi connectivity index (χ0n) is 12.5. The molecular formula is C21H18S. The standard InChI is InChI=1S/C21H18S/c22-13-14-11-15-7-8-16-18-5-1-3-9-21(18)10-4-2-6-19(21)17(12-14)20(15)16/h1-6,9-10,12,22H,7-8,11,13H2. The fraction of sp³-hybridized carbons (Fsp3) is 0.238. The molecule has 0 saturated heterocycles. The molecule has 0 aliphatic heterocycles. The monoisotopic (exact) mass is 302 g/mol. The number of hydrogen-bond donors (Lipinski definition) is 1. The van der Waals surface area contributed by atoms with Gasteiger partial charge in [-0.1, -0.05) is 65.8 Å². The van der Waals surface area contributed by atoms with Crippen LogP contribution in [0.4, 0.5) is 0 Å². The molecule has 1 spiro atoms. The summed E-state index contributed by atoms with van der Waals surface area (Å²) in [5.41, 5.74) is 10.6. The predicted octanol–water partition coefficient (Wildman–Crippen LogP) is 5.18. The number of hydrogen-bond acceptors (Lipinski definition) is 1. The average Bonchev–Trinajstić information content (AvgIpc) is 2.99. The summed E-state index contributed by atoms with van der Waals surface area (Å²) in [5, 5.41) is 0. The average molecular weight is 302 g/mol. The lowest BCUT2D eigenvalue weighted by Gasteiger charge is -2.41. The zero-order valence-corrected chi connectivity index (χ0v) is 13.4. The Hall–Kier alpha value is -1.73. The second-order valence-corrected chi connectivity index (χ2v) is 6.96. The minimum absolute atomic E-state index is 0.0390. The fourth-order valence-electron chi connectivity index (χ4n) is 4.67. The number of thiol groups is 1. The van der Waals surface area contributed by atoms with Crippen molar-refractivity contribution in [3.05, 3.63) is 93.7 Å². The lowest BCUT2D eigenvalue weighted by molar-refractivity contribution is 0.696. The van der Waals surface area contributed by atoms with E-state index in [1.807, 2.05) is 0 Å². The number of allylic oxidation sites excluding steroid dienone is 15. The van der Waals surface area contributed by atoms with Gasteiger partial charge < -0.3 is 0 Å². The third-order valence-electron chi connectivity index (χ3n) is 5.57. The van der Waals surface area contributed by atoms with Crippen molar-refractivity contribution in [3.8, 4) is 0 Å². The third kappa shape index (κ3) is 1.45. The molecule has 0 bridgehead atoms. The van der Waals surface area contributed by atoms with Crippen LogP contribution in [0.3, 0.4) is 0 Å². The van der Waals surface area contributed by atoms with Gasteiger partial charge in [-0.05, 0) is 47.1 Å². The summed E-state index contributed by atoms with van der Waals surface area (Å²) in [4.78, 5) is 0. The van der Waals surface area contributed by atoms with Crippen LogP contribution in [0.5, 0.6) is 0 Å². The molecular weight excluding hydrogens is 284 g/mol. The van der Waals surface area contributed by atoms with Crippen molar-refractivity contribution in [2.45, 2.75) is 19.3 Å². The minimum atomic E-state index is -0.0390. The Morgan fingerprint density at radius 1 is 0.955 bits per heavy atom. The summed E-state index contributed by atoms with van der Waals surface area (Å²) in [6.45, 7) is 0. The van der Waals surface area contributed by atoms with Crippen LogP contribution in [-0.2, 0) is 0 Å². The first kappa shape index (κ1) is 12.8. The summed E-state index contributed by atoms with van der Waals surface area (Å²) in [6.07, 6.45) is 24.1. The normalized spacial score (nSPS) is 30.7. The van der Waals surface area contributed by atoms with Gasteiger partial charge in [0.25, 0.3) is 0 Å². The van der Waals surface area contributed by atoms with Crippen LogP contribution in [0.2, 0.25) is 0 Å². The summed E-state index contributed by atoms with van der Waals surface area (Å²) in [5.74, 6) is 0.863. The van der Waals surface area contributed by atoms with Crippen molar-refractivity contribution in [3.63, 3.8) is 0 Å². The Morgan fingerprint density at radius 3 is 2.50 bits per heavy atom. The highest BCUT2D eigenvalue weighted by molar-refractivity contribution is 7.80. The highest BCUT2D eigenvalue weighted by Crippen LogP contribution is 2.58. The first-order valence-corrected chi connectivity index (χ1v) is 8.70. The van der Waals surface area contributed by atoms with E-state index in [9.17, 15) is 0 Å². The van der Waals surface area contributed by atoms with E-state index in [1.165, 1.54) is 35.1 Å². The van der Waals surface area contributed by atoms with E-state index in [-0.39, 0.29) is 5.41 Å². The van der Waals surface area contributed by atoms with Gasteiger partial charge in [-0.3, -0.25) is 0 Å². The molecule has 0 saturated carbocycles. The highest BCUT2D eigenvalue weighted by atomic mass is 32.1. The third-order valence-corrected chi connectivity index (χ3v) is 5.97. The molecule has 1 atom stereocenters. The summed E-state index contributed by atoms with van der Waals surface area (Å²) in [7, 11) is 0. The van der Waals surface area contributed by atoms with Crippen LogP contribution in [0.15, 0.2) is 93.7 Å². The minimum Gasteiger partial charge on any atom is -0.175 e. The van der Waals surface area contributed by atoms with Gasteiger partial charge >= 0.3 is 0 Å². The van der Waals surface area contributed by atoms with E-state index in [2.05, 4.69) is 67.3 Å². The fourth-order valence-corrected chi connectivity index (χ4v) is 4.87. The lowest BCUT2D eigenvalue weighted by Crippen LogP contribution is -2.29. The van der Waals surface area contributed by atoms with Crippen molar-refractivity contribution in [2.75, 3.05) is 5.75 Å². The summed E-state index contributed by atoms with van der Waals surface area (Å²) in [6, 6.07) is 0. The van der Waals surface area contributed by atoms with Crippen LogP contribution in [-0.4, -0.2) is 5.75 Å². The SMILES string of the molecule is SCC1=CC2=C3C=CC=CC34C=CC=CC4=C3CCC(=C23)C1. The van der Waals surface area contributed by atoms with E-state index < -0.39 is 0 Å². The molecule has 22 heavy (non-hydrogen) atoms. The lowest BCUT2D eigenvalue weighted by atomic mass is 9.61. The molecule has 0 amide bonds. The van der Waals surface area contributed by atoms with Gasteiger partial charge in [0.1, 0.15) is 0 Å². The van der Waals surface area contributed by atoms with Crippen LogP contribution >= 0.6 is 12.6 Å². The van der Waals surface area contributed by atoms with Gasteiger partial charge in [-0.15, -0.1) is 0 Å². The first-order valence-electron chi connectivity index (χ1n) is 8.07. The molecule has 0 aromatic rings. The van der Waals surface area contributed by atoms with Crippen molar-refractivity contribution in [1.29, 1.82) is 0 Å². The number of rotatable bonds is 1. The molecule has 0 aromatic heterocycles. The van der Waals surface area contributed by atoms with Crippen molar-refractivity contribution in [2.24, 2.45) is 5.41 Å². The van der Waals surface area contributed by atoms with Crippen molar-refractivity contribution < 1.29 is 0 Å². The van der Waals surface area contributed by atoms with Crippen molar-refractivity contribution >= 4 is 12.6 Å². The molecule has 0 aromatic carbocycles. The molecule has 0 nitrogen and oxygen atoms in total. The highest BCUT2D eigenvalue weighted by Gasteiger charge is 2.44. The molecule has 0 fully saturated rings. The molecule has 0 heterocycles. The van der Waals surface area contributed by atoms with Gasteiger partial charge in [0, 0.05) is 5.75 Å². The summed E-state index contributed by atoms with van der Waals surface area (Å²) >= 11 is 4.54. The molecule has 1 unspecified atom stereocenters. The van der Waals surface area contributed by atoms with E-state index in [0.717, 1.165) is 12.2 Å². The van der Waals surface area contributed by atoms with E-state index in [4.69, 9.17) is 0 Å². The second-order valence-electron chi connectivity index (χ2n) is 6.64.